The summed E-state index contributed by atoms with van der Waals surface area (Å²) in [6.07, 6.45) is 1.18. The summed E-state index contributed by atoms with van der Waals surface area (Å²) in [5.41, 5.74) is 1.40. The van der Waals surface area contributed by atoms with Gasteiger partial charge in [0, 0.05) is 29.8 Å². The lowest BCUT2D eigenvalue weighted by atomic mass is 9.82. The maximum absolute atomic E-state index is 13.3. The number of ketones is 1. The highest BCUT2D eigenvalue weighted by molar-refractivity contribution is 6.31. The zero-order valence-electron chi connectivity index (χ0n) is 10.9. The van der Waals surface area contributed by atoms with Crippen molar-refractivity contribution in [2.75, 3.05) is 0 Å². The third kappa shape index (κ3) is 3.75. The highest BCUT2D eigenvalue weighted by atomic mass is 35.5. The SMILES string of the molecule is Cc1ccc(Cl)cc1C(=O)CC1CCCC(F)(F)C1. The molecule has 0 heterocycles. The summed E-state index contributed by atoms with van der Waals surface area (Å²) in [6, 6.07) is 5.13. The van der Waals surface area contributed by atoms with Gasteiger partial charge in [0.15, 0.2) is 5.78 Å². The average molecular weight is 287 g/mol. The van der Waals surface area contributed by atoms with Crippen LogP contribution in [0.3, 0.4) is 0 Å². The summed E-state index contributed by atoms with van der Waals surface area (Å²) in [6.45, 7) is 1.83. The first kappa shape index (κ1) is 14.4. The van der Waals surface area contributed by atoms with Crippen molar-refractivity contribution < 1.29 is 13.6 Å². The summed E-state index contributed by atoms with van der Waals surface area (Å²) in [7, 11) is 0. The van der Waals surface area contributed by atoms with Gasteiger partial charge in [0.1, 0.15) is 0 Å². The van der Waals surface area contributed by atoms with Crippen LogP contribution in [0.5, 0.6) is 0 Å². The molecule has 0 amide bonds. The molecule has 0 bridgehead atoms. The first-order chi connectivity index (χ1) is 8.87. The van der Waals surface area contributed by atoms with Crippen molar-refractivity contribution in [3.8, 4) is 0 Å². The summed E-state index contributed by atoms with van der Waals surface area (Å²) < 4.78 is 26.6. The maximum Gasteiger partial charge on any atom is 0.248 e. The minimum atomic E-state index is -2.60. The first-order valence-corrected chi connectivity index (χ1v) is 6.92. The van der Waals surface area contributed by atoms with Crippen LogP contribution in [0.1, 0.15) is 48.0 Å². The molecular weight excluding hydrogens is 270 g/mol. The highest BCUT2D eigenvalue weighted by Gasteiger charge is 2.36. The fraction of sp³-hybridized carbons (Fsp3) is 0.533. The largest absolute Gasteiger partial charge is 0.294 e. The summed E-state index contributed by atoms with van der Waals surface area (Å²) in [5, 5.41) is 0.503. The van der Waals surface area contributed by atoms with Crippen LogP contribution < -0.4 is 0 Å². The second-order valence-electron chi connectivity index (χ2n) is 5.40. The Bertz CT molecular complexity index is 485. The molecule has 0 saturated heterocycles. The van der Waals surface area contributed by atoms with Crippen LogP contribution in [0.25, 0.3) is 0 Å². The van der Waals surface area contributed by atoms with Crippen molar-refractivity contribution in [2.45, 2.75) is 45.0 Å². The van der Waals surface area contributed by atoms with Gasteiger partial charge in [-0.3, -0.25) is 4.79 Å². The van der Waals surface area contributed by atoms with Crippen LogP contribution in [-0.4, -0.2) is 11.7 Å². The van der Waals surface area contributed by atoms with Gasteiger partial charge in [0.05, 0.1) is 0 Å². The first-order valence-electron chi connectivity index (χ1n) is 6.54. The zero-order chi connectivity index (χ0) is 14.0. The Balaban J connectivity index is 2.06. The number of alkyl halides is 2. The molecule has 0 aromatic heterocycles. The van der Waals surface area contributed by atoms with Gasteiger partial charge < -0.3 is 0 Å². The predicted molar refractivity (Wildman–Crippen MR) is 72.0 cm³/mol. The number of carbonyl (C=O) groups excluding carboxylic acids is 1. The fourth-order valence-electron chi connectivity index (χ4n) is 2.72. The minimum absolute atomic E-state index is 0.0477. The lowest BCUT2D eigenvalue weighted by Gasteiger charge is -2.28. The Morgan fingerprint density at radius 3 is 2.89 bits per heavy atom. The molecule has 2 rings (SSSR count). The van der Waals surface area contributed by atoms with Gasteiger partial charge in [-0.1, -0.05) is 17.7 Å². The van der Waals surface area contributed by atoms with Crippen LogP contribution in [0.15, 0.2) is 18.2 Å². The smallest absolute Gasteiger partial charge is 0.248 e. The number of Topliss-reactive ketones (excluding diaryl/α,β-unsaturated/α-hetero) is 1. The summed E-state index contributed by atoms with van der Waals surface area (Å²) in [4.78, 5) is 12.2. The third-order valence-electron chi connectivity index (χ3n) is 3.72. The van der Waals surface area contributed by atoms with Crippen molar-refractivity contribution in [3.63, 3.8) is 0 Å². The van der Waals surface area contributed by atoms with Crippen LogP contribution in [-0.2, 0) is 0 Å². The molecule has 4 heteroatoms. The molecule has 1 fully saturated rings. The molecule has 0 N–H and O–H groups in total. The summed E-state index contributed by atoms with van der Waals surface area (Å²) >= 11 is 5.88. The van der Waals surface area contributed by atoms with Gasteiger partial charge in [-0.15, -0.1) is 0 Å². The zero-order valence-corrected chi connectivity index (χ0v) is 11.6. The van der Waals surface area contributed by atoms with E-state index in [4.69, 9.17) is 11.6 Å². The second-order valence-corrected chi connectivity index (χ2v) is 5.84. The van der Waals surface area contributed by atoms with Crippen molar-refractivity contribution in [3.05, 3.63) is 34.3 Å². The Kier molecular flexibility index (Phi) is 4.24. The van der Waals surface area contributed by atoms with Crippen LogP contribution >= 0.6 is 11.6 Å². The third-order valence-corrected chi connectivity index (χ3v) is 3.95. The molecule has 1 aromatic rings. The van der Waals surface area contributed by atoms with Crippen molar-refractivity contribution >= 4 is 17.4 Å². The van der Waals surface area contributed by atoms with Gasteiger partial charge in [-0.2, -0.15) is 0 Å². The molecule has 1 aromatic carbocycles. The van der Waals surface area contributed by atoms with E-state index in [2.05, 4.69) is 0 Å². The van der Waals surface area contributed by atoms with E-state index in [1.54, 1.807) is 18.2 Å². The normalized spacial score (nSPS) is 22.2. The predicted octanol–water partition coefficient (Wildman–Crippen LogP) is 5.05. The van der Waals surface area contributed by atoms with Crippen molar-refractivity contribution in [2.24, 2.45) is 5.92 Å². The van der Waals surface area contributed by atoms with Gasteiger partial charge >= 0.3 is 0 Å². The number of halogens is 3. The molecule has 0 radical (unpaired) electrons. The fourth-order valence-corrected chi connectivity index (χ4v) is 2.89. The van der Waals surface area contributed by atoms with Gasteiger partial charge in [-0.25, -0.2) is 8.78 Å². The number of hydrogen-bond acceptors (Lipinski definition) is 1. The van der Waals surface area contributed by atoms with Gasteiger partial charge in [0.25, 0.3) is 0 Å². The Hall–Kier alpha value is -0.960. The highest BCUT2D eigenvalue weighted by Crippen LogP contribution is 2.38. The lowest BCUT2D eigenvalue weighted by Crippen LogP contribution is -2.27. The number of hydrogen-bond donors (Lipinski definition) is 0. The number of aryl methyl sites for hydroxylation is 1. The monoisotopic (exact) mass is 286 g/mol. The molecule has 0 spiro atoms. The molecule has 0 aliphatic heterocycles. The van der Waals surface area contributed by atoms with Crippen LogP contribution in [0, 0.1) is 12.8 Å². The van der Waals surface area contributed by atoms with E-state index in [0.29, 0.717) is 23.4 Å². The van der Waals surface area contributed by atoms with Crippen molar-refractivity contribution in [1.82, 2.24) is 0 Å². The van der Waals surface area contributed by atoms with Crippen molar-refractivity contribution in [1.29, 1.82) is 0 Å². The Morgan fingerprint density at radius 1 is 1.47 bits per heavy atom. The van der Waals surface area contributed by atoms with E-state index < -0.39 is 5.92 Å². The lowest BCUT2D eigenvalue weighted by molar-refractivity contribution is -0.0521. The van der Waals surface area contributed by atoms with Crippen LogP contribution in [0.4, 0.5) is 8.78 Å². The van der Waals surface area contributed by atoms with Gasteiger partial charge in [-0.05, 0) is 43.4 Å². The van der Waals surface area contributed by atoms with Crippen LogP contribution in [0.2, 0.25) is 5.02 Å². The van der Waals surface area contributed by atoms with E-state index in [9.17, 15) is 13.6 Å². The molecule has 1 unspecified atom stereocenters. The molecular formula is C15H17ClF2O. The molecule has 1 saturated carbocycles. The van der Waals surface area contributed by atoms with E-state index in [1.807, 2.05) is 6.92 Å². The van der Waals surface area contributed by atoms with Gasteiger partial charge in [0.2, 0.25) is 5.92 Å². The molecule has 1 atom stereocenters. The van der Waals surface area contributed by atoms with E-state index >= 15 is 0 Å². The van der Waals surface area contributed by atoms with E-state index in [-0.39, 0.29) is 31.0 Å². The molecule has 1 aliphatic rings. The molecule has 104 valence electrons. The number of rotatable bonds is 3. The average Bonchev–Trinajstić information content (AvgIpc) is 2.31. The number of benzene rings is 1. The van der Waals surface area contributed by atoms with E-state index in [1.165, 1.54) is 0 Å². The van der Waals surface area contributed by atoms with E-state index in [0.717, 1.165) is 5.56 Å². The standard InChI is InChI=1S/C15H17ClF2O/c1-10-4-5-12(16)8-13(10)14(19)7-11-3-2-6-15(17,18)9-11/h4-5,8,11H,2-3,6-7,9H2,1H3. The topological polar surface area (TPSA) is 17.1 Å². The minimum Gasteiger partial charge on any atom is -0.294 e. The number of carbonyl (C=O) groups is 1. The summed E-state index contributed by atoms with van der Waals surface area (Å²) in [5.74, 6) is -2.90. The molecule has 19 heavy (non-hydrogen) atoms. The Morgan fingerprint density at radius 2 is 2.21 bits per heavy atom. The maximum atomic E-state index is 13.3. The Labute approximate surface area is 117 Å². The molecule has 1 aliphatic carbocycles. The molecule has 1 nitrogen and oxygen atoms in total. The second kappa shape index (κ2) is 5.58. The quantitative estimate of drug-likeness (QED) is 0.711.